The van der Waals surface area contributed by atoms with Gasteiger partial charge >= 0.3 is 0 Å². The highest BCUT2D eigenvalue weighted by Gasteiger charge is 2.14. The maximum Gasteiger partial charge on any atom is 0.237 e. The minimum Gasteiger partial charge on any atom is -0.370 e. The van der Waals surface area contributed by atoms with Gasteiger partial charge in [0, 0.05) is 6.54 Å². The molecule has 0 fully saturated rings. The van der Waals surface area contributed by atoms with E-state index in [1.54, 1.807) is 0 Å². The molecule has 14 heavy (non-hydrogen) atoms. The standard InChI is InChI=1S/C8H18N4O2/c9-3-1-2-4-12-8(14)6(10)5-7(11)13/h6H,1-5,9-10H2,(H2,11,13)(H,12,14). The number of hydrogen-bond acceptors (Lipinski definition) is 4. The van der Waals surface area contributed by atoms with Gasteiger partial charge in [-0.2, -0.15) is 0 Å². The molecule has 6 heteroatoms. The van der Waals surface area contributed by atoms with Crippen molar-refractivity contribution < 1.29 is 9.59 Å². The van der Waals surface area contributed by atoms with E-state index in [1.165, 1.54) is 0 Å². The highest BCUT2D eigenvalue weighted by atomic mass is 16.2. The first-order valence-electron chi connectivity index (χ1n) is 4.59. The summed E-state index contributed by atoms with van der Waals surface area (Å²) < 4.78 is 0. The smallest absolute Gasteiger partial charge is 0.237 e. The lowest BCUT2D eigenvalue weighted by molar-refractivity contribution is -0.126. The van der Waals surface area contributed by atoms with Crippen molar-refractivity contribution in [2.45, 2.75) is 25.3 Å². The second kappa shape index (κ2) is 7.28. The van der Waals surface area contributed by atoms with Crippen LogP contribution in [0.15, 0.2) is 0 Å². The number of carbonyl (C=O) groups is 2. The van der Waals surface area contributed by atoms with Crippen LogP contribution in [0.5, 0.6) is 0 Å². The molecule has 6 nitrogen and oxygen atoms in total. The number of hydrogen-bond donors (Lipinski definition) is 4. The maximum absolute atomic E-state index is 11.2. The van der Waals surface area contributed by atoms with Gasteiger partial charge in [0.15, 0.2) is 0 Å². The van der Waals surface area contributed by atoms with Gasteiger partial charge in [-0.05, 0) is 19.4 Å². The van der Waals surface area contributed by atoms with E-state index in [9.17, 15) is 9.59 Å². The third-order valence-corrected chi connectivity index (χ3v) is 1.69. The summed E-state index contributed by atoms with van der Waals surface area (Å²) in [5.74, 6) is -0.921. The highest BCUT2D eigenvalue weighted by molar-refractivity contribution is 5.87. The Balaban J connectivity index is 3.57. The van der Waals surface area contributed by atoms with E-state index in [1.807, 2.05) is 0 Å². The minimum atomic E-state index is -0.842. The first-order valence-corrected chi connectivity index (χ1v) is 4.59. The quantitative estimate of drug-likeness (QED) is 0.358. The Hall–Kier alpha value is -1.14. The van der Waals surface area contributed by atoms with Crippen LogP contribution in [0, 0.1) is 0 Å². The molecular formula is C8H18N4O2. The van der Waals surface area contributed by atoms with Crippen molar-refractivity contribution in [2.24, 2.45) is 17.2 Å². The molecule has 0 aromatic carbocycles. The van der Waals surface area contributed by atoms with E-state index >= 15 is 0 Å². The van der Waals surface area contributed by atoms with E-state index in [0.29, 0.717) is 13.1 Å². The van der Waals surface area contributed by atoms with Crippen molar-refractivity contribution in [1.82, 2.24) is 5.32 Å². The largest absolute Gasteiger partial charge is 0.370 e. The molecule has 0 aromatic heterocycles. The maximum atomic E-state index is 11.2. The van der Waals surface area contributed by atoms with Crippen LogP contribution < -0.4 is 22.5 Å². The van der Waals surface area contributed by atoms with Crippen LogP contribution in [-0.4, -0.2) is 30.9 Å². The predicted molar refractivity (Wildman–Crippen MR) is 53.1 cm³/mol. The lowest BCUT2D eigenvalue weighted by Crippen LogP contribution is -2.43. The molecule has 0 saturated carbocycles. The van der Waals surface area contributed by atoms with Crippen LogP contribution in [0.2, 0.25) is 0 Å². The molecule has 0 aliphatic heterocycles. The molecule has 0 aliphatic carbocycles. The van der Waals surface area contributed by atoms with Gasteiger partial charge in [0.05, 0.1) is 12.5 Å². The molecule has 0 bridgehead atoms. The fraction of sp³-hybridized carbons (Fsp3) is 0.750. The monoisotopic (exact) mass is 202 g/mol. The third kappa shape index (κ3) is 6.38. The summed E-state index contributed by atoms with van der Waals surface area (Å²) in [5, 5.41) is 2.60. The molecule has 2 amide bonds. The van der Waals surface area contributed by atoms with Gasteiger partial charge in [-0.1, -0.05) is 0 Å². The highest BCUT2D eigenvalue weighted by Crippen LogP contribution is 1.88. The van der Waals surface area contributed by atoms with Crippen molar-refractivity contribution in [1.29, 1.82) is 0 Å². The summed E-state index contributed by atoms with van der Waals surface area (Å²) in [6.45, 7) is 1.13. The molecule has 0 radical (unpaired) electrons. The van der Waals surface area contributed by atoms with E-state index < -0.39 is 11.9 Å². The summed E-state index contributed by atoms with van der Waals surface area (Å²) in [6.07, 6.45) is 1.54. The van der Waals surface area contributed by atoms with E-state index in [-0.39, 0.29) is 12.3 Å². The molecule has 0 aliphatic rings. The van der Waals surface area contributed by atoms with Crippen molar-refractivity contribution >= 4 is 11.8 Å². The number of carbonyl (C=O) groups excluding carboxylic acids is 2. The first-order chi connectivity index (χ1) is 6.57. The van der Waals surface area contributed by atoms with Crippen LogP contribution in [-0.2, 0) is 9.59 Å². The number of nitrogens with two attached hydrogens (primary N) is 3. The third-order valence-electron chi connectivity index (χ3n) is 1.69. The Morgan fingerprint density at radius 1 is 1.29 bits per heavy atom. The predicted octanol–water partition coefficient (Wildman–Crippen LogP) is -1.96. The van der Waals surface area contributed by atoms with Crippen LogP contribution in [0.25, 0.3) is 0 Å². The zero-order chi connectivity index (χ0) is 11.0. The van der Waals surface area contributed by atoms with Crippen LogP contribution >= 0.6 is 0 Å². The Labute approximate surface area is 83.2 Å². The van der Waals surface area contributed by atoms with Gasteiger partial charge in [-0.15, -0.1) is 0 Å². The van der Waals surface area contributed by atoms with Crippen LogP contribution in [0.3, 0.4) is 0 Å². The second-order valence-electron chi connectivity index (χ2n) is 3.06. The molecule has 82 valence electrons. The minimum absolute atomic E-state index is 0.122. The fourth-order valence-corrected chi connectivity index (χ4v) is 0.921. The summed E-state index contributed by atoms with van der Waals surface area (Å²) >= 11 is 0. The van der Waals surface area contributed by atoms with Crippen LogP contribution in [0.4, 0.5) is 0 Å². The Morgan fingerprint density at radius 2 is 1.93 bits per heavy atom. The Bertz CT molecular complexity index is 196. The summed E-state index contributed by atoms with van der Waals surface area (Å²) in [5.41, 5.74) is 15.6. The normalized spacial score (nSPS) is 12.1. The van der Waals surface area contributed by atoms with Gasteiger partial charge in [0.25, 0.3) is 0 Å². The average Bonchev–Trinajstić information content (AvgIpc) is 2.11. The Morgan fingerprint density at radius 3 is 2.43 bits per heavy atom. The SMILES string of the molecule is NCCCCNC(=O)C(N)CC(N)=O. The van der Waals surface area contributed by atoms with E-state index in [0.717, 1.165) is 12.8 Å². The molecule has 7 N–H and O–H groups in total. The average molecular weight is 202 g/mol. The van der Waals surface area contributed by atoms with Crippen molar-refractivity contribution in [3.8, 4) is 0 Å². The number of unbranched alkanes of at least 4 members (excludes halogenated alkanes) is 1. The molecule has 0 aromatic rings. The number of nitrogens with one attached hydrogen (secondary N) is 1. The molecule has 0 heterocycles. The molecule has 1 atom stereocenters. The Kier molecular flexibility index (Phi) is 6.69. The fourth-order valence-electron chi connectivity index (χ4n) is 0.921. The van der Waals surface area contributed by atoms with Crippen molar-refractivity contribution in [3.63, 3.8) is 0 Å². The summed E-state index contributed by atoms with van der Waals surface area (Å²) in [4.78, 5) is 21.6. The molecule has 0 saturated heterocycles. The summed E-state index contributed by atoms with van der Waals surface area (Å²) in [7, 11) is 0. The number of primary amides is 1. The van der Waals surface area contributed by atoms with E-state index in [4.69, 9.17) is 17.2 Å². The molecule has 0 spiro atoms. The van der Waals surface area contributed by atoms with E-state index in [2.05, 4.69) is 5.32 Å². The van der Waals surface area contributed by atoms with Gasteiger partial charge in [0.1, 0.15) is 0 Å². The second-order valence-corrected chi connectivity index (χ2v) is 3.06. The topological polar surface area (TPSA) is 124 Å². The lowest BCUT2D eigenvalue weighted by Gasteiger charge is -2.09. The summed E-state index contributed by atoms with van der Waals surface area (Å²) in [6, 6.07) is -0.842. The zero-order valence-electron chi connectivity index (χ0n) is 8.16. The molecule has 0 rings (SSSR count). The lowest BCUT2D eigenvalue weighted by atomic mass is 10.2. The number of rotatable bonds is 7. The first kappa shape index (κ1) is 12.9. The zero-order valence-corrected chi connectivity index (χ0v) is 8.16. The molecular weight excluding hydrogens is 184 g/mol. The molecule has 1 unspecified atom stereocenters. The number of amides is 2. The van der Waals surface area contributed by atoms with Crippen molar-refractivity contribution in [2.75, 3.05) is 13.1 Å². The van der Waals surface area contributed by atoms with Gasteiger partial charge in [-0.3, -0.25) is 9.59 Å². The van der Waals surface area contributed by atoms with Gasteiger partial charge < -0.3 is 22.5 Å². The van der Waals surface area contributed by atoms with Gasteiger partial charge in [0.2, 0.25) is 11.8 Å². The van der Waals surface area contributed by atoms with Crippen molar-refractivity contribution in [3.05, 3.63) is 0 Å². The van der Waals surface area contributed by atoms with Gasteiger partial charge in [-0.25, -0.2) is 0 Å². The van der Waals surface area contributed by atoms with Crippen LogP contribution in [0.1, 0.15) is 19.3 Å².